The van der Waals surface area contributed by atoms with Gasteiger partial charge in [-0.2, -0.15) is 4.52 Å². The van der Waals surface area contributed by atoms with Gasteiger partial charge in [0.2, 0.25) is 10.1 Å². The van der Waals surface area contributed by atoms with Gasteiger partial charge in [-0.05, 0) is 31.2 Å². The largest absolute Gasteiger partial charge is 0.330 e. The second kappa shape index (κ2) is 4.08. The Hall–Kier alpha value is -1.47. The fourth-order valence-electron chi connectivity index (χ4n) is 1.42. The van der Waals surface area contributed by atoms with Crippen molar-refractivity contribution in [2.24, 2.45) is 0 Å². The molecule has 86 valence electrons. The van der Waals surface area contributed by atoms with Crippen LogP contribution in [0.4, 0.5) is 10.8 Å². The molecule has 0 fully saturated rings. The van der Waals surface area contributed by atoms with Crippen LogP contribution in [0.15, 0.2) is 28.7 Å². The highest BCUT2D eigenvalue weighted by molar-refractivity contribution is 9.10. The first-order chi connectivity index (χ1) is 8.22. The molecule has 1 aromatic carbocycles. The zero-order chi connectivity index (χ0) is 11.8. The number of hydrogen-bond donors (Lipinski definition) is 1. The number of aromatic nitrogens is 4. The Bertz CT molecular complexity index is 657. The topological polar surface area (TPSA) is 55.1 Å². The van der Waals surface area contributed by atoms with E-state index >= 15 is 0 Å². The Morgan fingerprint density at radius 1 is 1.24 bits per heavy atom. The zero-order valence-electron chi connectivity index (χ0n) is 8.88. The Labute approximate surface area is 110 Å². The molecule has 0 atom stereocenters. The van der Waals surface area contributed by atoms with Gasteiger partial charge in [0.05, 0.1) is 0 Å². The lowest BCUT2D eigenvalue weighted by Gasteiger charge is -2.00. The van der Waals surface area contributed by atoms with Crippen molar-refractivity contribution in [3.05, 3.63) is 34.6 Å². The predicted octanol–water partition coefficient (Wildman–Crippen LogP) is 3.00. The summed E-state index contributed by atoms with van der Waals surface area (Å²) in [7, 11) is 0. The summed E-state index contributed by atoms with van der Waals surface area (Å²) in [5.41, 5.74) is 0.996. The van der Waals surface area contributed by atoms with Crippen LogP contribution in [0.2, 0.25) is 0 Å². The van der Waals surface area contributed by atoms with Crippen LogP contribution in [0.1, 0.15) is 5.82 Å². The molecule has 0 radical (unpaired) electrons. The van der Waals surface area contributed by atoms with Crippen LogP contribution in [0.25, 0.3) is 4.96 Å². The minimum atomic E-state index is 0.792. The molecular weight excluding hydrogens is 302 g/mol. The molecule has 0 aliphatic carbocycles. The highest BCUT2D eigenvalue weighted by Crippen LogP contribution is 2.23. The quantitative estimate of drug-likeness (QED) is 0.790. The standard InChI is InChI=1S/C10H8BrN5S/c1-6-13-14-10-16(6)15-9(17-10)12-8-4-2-7(11)3-5-8/h2-5H,1H3,(H,12,15). The number of nitrogens with one attached hydrogen (secondary N) is 1. The molecule has 0 saturated carbocycles. The van der Waals surface area contributed by atoms with E-state index < -0.39 is 0 Å². The van der Waals surface area contributed by atoms with E-state index in [-0.39, 0.29) is 0 Å². The molecule has 5 nitrogen and oxygen atoms in total. The molecule has 7 heteroatoms. The Kier molecular flexibility index (Phi) is 2.56. The van der Waals surface area contributed by atoms with Gasteiger partial charge in [-0.1, -0.05) is 27.3 Å². The van der Waals surface area contributed by atoms with Crippen molar-refractivity contribution < 1.29 is 0 Å². The van der Waals surface area contributed by atoms with E-state index in [1.165, 1.54) is 11.3 Å². The molecule has 3 rings (SSSR count). The average Bonchev–Trinajstić information content (AvgIpc) is 2.85. The van der Waals surface area contributed by atoms with Gasteiger partial charge in [0.1, 0.15) is 0 Å². The van der Waals surface area contributed by atoms with Gasteiger partial charge in [0, 0.05) is 10.2 Å². The molecule has 0 spiro atoms. The van der Waals surface area contributed by atoms with Gasteiger partial charge >= 0.3 is 0 Å². The number of halogens is 1. The number of aryl methyl sites for hydroxylation is 1. The van der Waals surface area contributed by atoms with Crippen LogP contribution in [0, 0.1) is 6.92 Å². The van der Waals surface area contributed by atoms with Gasteiger partial charge in [0.15, 0.2) is 5.82 Å². The van der Waals surface area contributed by atoms with Gasteiger partial charge in [-0.15, -0.1) is 15.3 Å². The summed E-state index contributed by atoms with van der Waals surface area (Å²) in [4.78, 5) is 0.794. The molecule has 0 bridgehead atoms. The third kappa shape index (κ3) is 2.03. The molecule has 2 aromatic heterocycles. The minimum absolute atomic E-state index is 0.792. The van der Waals surface area contributed by atoms with Crippen molar-refractivity contribution in [2.45, 2.75) is 6.92 Å². The second-order valence-electron chi connectivity index (χ2n) is 3.48. The lowest BCUT2D eigenvalue weighted by Crippen LogP contribution is -1.92. The highest BCUT2D eigenvalue weighted by atomic mass is 79.9. The summed E-state index contributed by atoms with van der Waals surface area (Å²) < 4.78 is 2.78. The number of nitrogens with zero attached hydrogens (tertiary/aromatic N) is 4. The molecule has 1 N–H and O–H groups in total. The lowest BCUT2D eigenvalue weighted by atomic mass is 10.3. The van der Waals surface area contributed by atoms with E-state index in [9.17, 15) is 0 Å². The van der Waals surface area contributed by atoms with E-state index in [2.05, 4.69) is 36.5 Å². The minimum Gasteiger partial charge on any atom is -0.330 e. The maximum Gasteiger partial charge on any atom is 0.236 e. The summed E-state index contributed by atoms with van der Waals surface area (Å²) in [6, 6.07) is 7.93. The average molecular weight is 310 g/mol. The van der Waals surface area contributed by atoms with Crippen LogP contribution in [-0.2, 0) is 0 Å². The van der Waals surface area contributed by atoms with Crippen LogP contribution in [0.3, 0.4) is 0 Å². The Morgan fingerprint density at radius 2 is 2.00 bits per heavy atom. The van der Waals surface area contributed by atoms with Crippen molar-refractivity contribution in [3.8, 4) is 0 Å². The fourth-order valence-corrected chi connectivity index (χ4v) is 2.49. The smallest absolute Gasteiger partial charge is 0.236 e. The first-order valence-corrected chi connectivity index (χ1v) is 6.55. The number of hydrogen-bond acceptors (Lipinski definition) is 5. The maximum absolute atomic E-state index is 4.38. The van der Waals surface area contributed by atoms with Gasteiger partial charge in [-0.25, -0.2) is 0 Å². The highest BCUT2D eigenvalue weighted by Gasteiger charge is 2.08. The molecular formula is C10H8BrN5S. The van der Waals surface area contributed by atoms with Gasteiger partial charge in [0.25, 0.3) is 0 Å². The summed E-state index contributed by atoms with van der Waals surface area (Å²) in [6.45, 7) is 1.88. The van der Waals surface area contributed by atoms with Crippen molar-refractivity contribution >= 4 is 43.0 Å². The monoisotopic (exact) mass is 309 g/mol. The molecule has 0 aliphatic heterocycles. The summed E-state index contributed by atoms with van der Waals surface area (Å²) in [5.74, 6) is 0.792. The second-order valence-corrected chi connectivity index (χ2v) is 5.35. The maximum atomic E-state index is 4.38. The van der Waals surface area contributed by atoms with Crippen molar-refractivity contribution in [1.29, 1.82) is 0 Å². The lowest BCUT2D eigenvalue weighted by molar-refractivity contribution is 0.898. The Balaban J connectivity index is 1.91. The van der Waals surface area contributed by atoms with E-state index in [4.69, 9.17) is 0 Å². The molecule has 3 aromatic rings. The number of fused-ring (bicyclic) bond motifs is 1. The van der Waals surface area contributed by atoms with Crippen LogP contribution in [-0.4, -0.2) is 19.8 Å². The van der Waals surface area contributed by atoms with Crippen LogP contribution in [0.5, 0.6) is 0 Å². The zero-order valence-corrected chi connectivity index (χ0v) is 11.3. The van der Waals surface area contributed by atoms with Crippen LogP contribution >= 0.6 is 27.3 Å². The van der Waals surface area contributed by atoms with E-state index in [1.807, 2.05) is 31.2 Å². The third-order valence-corrected chi connectivity index (χ3v) is 3.59. The summed E-state index contributed by atoms with van der Waals surface area (Å²) in [5, 5.41) is 16.4. The van der Waals surface area contributed by atoms with Crippen LogP contribution < -0.4 is 5.32 Å². The summed E-state index contributed by atoms with van der Waals surface area (Å²) >= 11 is 4.87. The first kappa shape index (κ1) is 10.7. The fraction of sp³-hybridized carbons (Fsp3) is 0.100. The number of anilines is 2. The molecule has 0 aliphatic rings. The van der Waals surface area contributed by atoms with E-state index in [0.29, 0.717) is 0 Å². The molecule has 0 amide bonds. The number of benzene rings is 1. The normalized spacial score (nSPS) is 10.9. The van der Waals surface area contributed by atoms with Gasteiger partial charge < -0.3 is 5.32 Å². The van der Waals surface area contributed by atoms with E-state index in [0.717, 1.165) is 26.1 Å². The first-order valence-electron chi connectivity index (χ1n) is 4.94. The Morgan fingerprint density at radius 3 is 2.71 bits per heavy atom. The predicted molar refractivity (Wildman–Crippen MR) is 70.8 cm³/mol. The summed E-state index contributed by atoms with van der Waals surface area (Å²) in [6.07, 6.45) is 0. The van der Waals surface area contributed by atoms with Crippen molar-refractivity contribution in [2.75, 3.05) is 5.32 Å². The van der Waals surface area contributed by atoms with Crippen molar-refractivity contribution in [1.82, 2.24) is 19.8 Å². The van der Waals surface area contributed by atoms with Crippen molar-refractivity contribution in [3.63, 3.8) is 0 Å². The molecule has 0 saturated heterocycles. The molecule has 17 heavy (non-hydrogen) atoms. The molecule has 0 unspecified atom stereocenters. The third-order valence-electron chi connectivity index (χ3n) is 2.24. The SMILES string of the molecule is Cc1nnc2sc(Nc3ccc(Br)cc3)nn12. The number of rotatable bonds is 2. The van der Waals surface area contributed by atoms with E-state index in [1.54, 1.807) is 4.52 Å². The molecule has 2 heterocycles. The van der Waals surface area contributed by atoms with Gasteiger partial charge in [-0.3, -0.25) is 0 Å².